The lowest BCUT2D eigenvalue weighted by molar-refractivity contribution is -0.147. The van der Waals surface area contributed by atoms with E-state index in [9.17, 15) is 9.18 Å². The summed E-state index contributed by atoms with van der Waals surface area (Å²) in [6, 6.07) is 4.81. The molecule has 1 heterocycles. The molecule has 0 radical (unpaired) electrons. The van der Waals surface area contributed by atoms with Gasteiger partial charge in [-0.2, -0.15) is 4.39 Å². The van der Waals surface area contributed by atoms with Gasteiger partial charge in [0.15, 0.2) is 0 Å². The number of carbonyl (C=O) groups excluding carboxylic acids is 1. The number of aliphatic imine (C=N–C) groups is 1. The number of halogens is 1. The number of nitrogens with zero attached hydrogens (tertiary/aromatic N) is 1. The molecule has 1 aromatic rings. The molecule has 0 spiro atoms. The van der Waals surface area contributed by atoms with Crippen LogP contribution in [0.1, 0.15) is 5.56 Å². The molecule has 0 aliphatic carbocycles. The Morgan fingerprint density at radius 1 is 1.28 bits per heavy atom. The SMILES string of the molecule is COC(=O)C1(F)N=C1c1ccc(OC)cc1OC. The molecule has 5 nitrogen and oxygen atoms in total. The van der Waals surface area contributed by atoms with E-state index >= 15 is 0 Å². The van der Waals surface area contributed by atoms with Crippen LogP contribution >= 0.6 is 0 Å². The van der Waals surface area contributed by atoms with Crippen molar-refractivity contribution in [2.45, 2.75) is 5.79 Å². The quantitative estimate of drug-likeness (QED) is 0.600. The lowest BCUT2D eigenvalue weighted by Crippen LogP contribution is -2.27. The van der Waals surface area contributed by atoms with E-state index < -0.39 is 11.8 Å². The zero-order valence-corrected chi connectivity index (χ0v) is 10.2. The third-order valence-electron chi connectivity index (χ3n) is 2.65. The molecule has 6 heteroatoms. The van der Waals surface area contributed by atoms with Crippen LogP contribution in [0, 0.1) is 0 Å². The third-order valence-corrected chi connectivity index (χ3v) is 2.65. The Morgan fingerprint density at radius 2 is 2.00 bits per heavy atom. The van der Waals surface area contributed by atoms with Crippen molar-refractivity contribution in [1.82, 2.24) is 0 Å². The van der Waals surface area contributed by atoms with E-state index in [2.05, 4.69) is 9.73 Å². The van der Waals surface area contributed by atoms with E-state index in [1.807, 2.05) is 0 Å². The highest BCUT2D eigenvalue weighted by Crippen LogP contribution is 2.39. The van der Waals surface area contributed by atoms with Crippen molar-refractivity contribution in [3.8, 4) is 11.5 Å². The van der Waals surface area contributed by atoms with Crippen molar-refractivity contribution in [2.75, 3.05) is 21.3 Å². The largest absolute Gasteiger partial charge is 0.497 e. The first-order valence-corrected chi connectivity index (χ1v) is 5.17. The van der Waals surface area contributed by atoms with Crippen LogP contribution in [0.5, 0.6) is 11.5 Å². The number of ether oxygens (including phenoxy) is 3. The average Bonchev–Trinajstić information content (AvgIpc) is 3.10. The maximum Gasteiger partial charge on any atom is 0.373 e. The summed E-state index contributed by atoms with van der Waals surface area (Å²) in [4.78, 5) is 14.8. The minimum Gasteiger partial charge on any atom is -0.497 e. The van der Waals surface area contributed by atoms with Gasteiger partial charge < -0.3 is 14.2 Å². The Balaban J connectivity index is 2.31. The van der Waals surface area contributed by atoms with Crippen LogP contribution in [0.3, 0.4) is 0 Å². The van der Waals surface area contributed by atoms with Gasteiger partial charge in [-0.15, -0.1) is 0 Å². The van der Waals surface area contributed by atoms with Crippen LogP contribution in [0.25, 0.3) is 0 Å². The standard InChI is InChI=1S/C12H12FNO4/c1-16-7-4-5-8(9(6-7)17-2)10-12(13,14-10)11(15)18-3/h4-6H,1-3H3. The highest BCUT2D eigenvalue weighted by atomic mass is 19.1. The van der Waals surface area contributed by atoms with E-state index in [4.69, 9.17) is 9.47 Å². The number of benzene rings is 1. The summed E-state index contributed by atoms with van der Waals surface area (Å²) in [7, 11) is 4.07. The first-order chi connectivity index (χ1) is 8.56. The molecule has 1 aromatic carbocycles. The average molecular weight is 253 g/mol. The third kappa shape index (κ3) is 1.79. The molecule has 18 heavy (non-hydrogen) atoms. The minimum absolute atomic E-state index is 0.00820. The van der Waals surface area contributed by atoms with Gasteiger partial charge in [-0.1, -0.05) is 0 Å². The van der Waals surface area contributed by atoms with Crippen molar-refractivity contribution >= 4 is 11.7 Å². The molecule has 0 amide bonds. The number of esters is 1. The number of alkyl halides is 1. The fourth-order valence-electron chi connectivity index (χ4n) is 1.64. The summed E-state index contributed by atoms with van der Waals surface area (Å²) in [5.41, 5.74) is 0.417. The molecule has 1 atom stereocenters. The number of methoxy groups -OCH3 is 3. The predicted molar refractivity (Wildman–Crippen MR) is 61.9 cm³/mol. The molecular weight excluding hydrogens is 241 g/mol. The fourth-order valence-corrected chi connectivity index (χ4v) is 1.64. The fraction of sp³-hybridized carbons (Fsp3) is 0.333. The lowest BCUT2D eigenvalue weighted by atomic mass is 10.1. The van der Waals surface area contributed by atoms with Crippen LogP contribution in [0.15, 0.2) is 23.2 Å². The van der Waals surface area contributed by atoms with E-state index in [1.54, 1.807) is 18.2 Å². The number of rotatable bonds is 4. The molecule has 0 bridgehead atoms. The summed E-state index contributed by atoms with van der Waals surface area (Å²) in [6.45, 7) is 0. The maximum absolute atomic E-state index is 14.0. The Labute approximate surface area is 103 Å². The molecule has 0 saturated carbocycles. The van der Waals surface area contributed by atoms with Crippen molar-refractivity contribution in [1.29, 1.82) is 0 Å². The molecule has 2 rings (SSSR count). The highest BCUT2D eigenvalue weighted by molar-refractivity contribution is 6.28. The molecule has 1 unspecified atom stereocenters. The molecule has 0 saturated heterocycles. The molecule has 96 valence electrons. The summed E-state index contributed by atoms with van der Waals surface area (Å²) in [6.07, 6.45) is 0. The van der Waals surface area contributed by atoms with Gasteiger partial charge in [0.05, 0.1) is 21.3 Å². The Morgan fingerprint density at radius 3 is 2.56 bits per heavy atom. The van der Waals surface area contributed by atoms with Crippen molar-refractivity contribution in [2.24, 2.45) is 4.99 Å². The minimum atomic E-state index is -2.38. The van der Waals surface area contributed by atoms with Gasteiger partial charge in [0.1, 0.15) is 17.2 Å². The smallest absolute Gasteiger partial charge is 0.373 e. The Bertz CT molecular complexity index is 529. The van der Waals surface area contributed by atoms with Gasteiger partial charge in [0.25, 0.3) is 0 Å². The zero-order chi connectivity index (χ0) is 13.3. The molecule has 1 aliphatic rings. The number of hydrogen-bond donors (Lipinski definition) is 0. The van der Waals surface area contributed by atoms with Gasteiger partial charge in [-0.05, 0) is 12.1 Å². The van der Waals surface area contributed by atoms with Gasteiger partial charge in [-0.3, -0.25) is 0 Å². The van der Waals surface area contributed by atoms with Crippen LogP contribution < -0.4 is 9.47 Å². The van der Waals surface area contributed by atoms with Crippen LogP contribution in [-0.2, 0) is 9.53 Å². The summed E-state index contributed by atoms with van der Waals surface area (Å²) < 4.78 is 28.5. The number of carbonyl (C=O) groups is 1. The molecule has 0 N–H and O–H groups in total. The summed E-state index contributed by atoms with van der Waals surface area (Å²) >= 11 is 0. The Kier molecular flexibility index (Phi) is 2.94. The second-order valence-electron chi connectivity index (χ2n) is 3.64. The van der Waals surface area contributed by atoms with Gasteiger partial charge in [-0.25, -0.2) is 9.79 Å². The first-order valence-electron chi connectivity index (χ1n) is 5.17. The second-order valence-corrected chi connectivity index (χ2v) is 3.64. The summed E-state index contributed by atoms with van der Waals surface area (Å²) in [5, 5.41) is 0. The Hall–Kier alpha value is -2.11. The predicted octanol–water partition coefficient (Wildman–Crippen LogP) is 1.35. The number of hydrogen-bond acceptors (Lipinski definition) is 5. The normalized spacial score (nSPS) is 21.0. The first kappa shape index (κ1) is 12.3. The zero-order valence-electron chi connectivity index (χ0n) is 10.2. The molecule has 0 fully saturated rings. The van der Waals surface area contributed by atoms with E-state index in [1.165, 1.54) is 14.2 Å². The van der Waals surface area contributed by atoms with Gasteiger partial charge in [0, 0.05) is 11.6 Å². The lowest BCUT2D eigenvalue weighted by Gasteiger charge is -2.08. The van der Waals surface area contributed by atoms with Crippen LogP contribution in [0.4, 0.5) is 4.39 Å². The van der Waals surface area contributed by atoms with Crippen molar-refractivity contribution < 1.29 is 23.4 Å². The van der Waals surface area contributed by atoms with E-state index in [0.717, 1.165) is 7.11 Å². The van der Waals surface area contributed by atoms with Gasteiger partial charge >= 0.3 is 11.8 Å². The highest BCUT2D eigenvalue weighted by Gasteiger charge is 2.58. The van der Waals surface area contributed by atoms with Gasteiger partial charge in [0.2, 0.25) is 0 Å². The van der Waals surface area contributed by atoms with Crippen LogP contribution in [-0.4, -0.2) is 38.8 Å². The monoisotopic (exact) mass is 253 g/mol. The van der Waals surface area contributed by atoms with Crippen molar-refractivity contribution in [3.05, 3.63) is 23.8 Å². The summed E-state index contributed by atoms with van der Waals surface area (Å²) in [5.74, 6) is -2.46. The van der Waals surface area contributed by atoms with E-state index in [0.29, 0.717) is 17.1 Å². The second kappa shape index (κ2) is 4.29. The van der Waals surface area contributed by atoms with Crippen LogP contribution in [0.2, 0.25) is 0 Å². The molecule has 0 aromatic heterocycles. The topological polar surface area (TPSA) is 57.1 Å². The van der Waals surface area contributed by atoms with E-state index in [-0.39, 0.29) is 5.71 Å². The maximum atomic E-state index is 14.0. The molecule has 1 aliphatic heterocycles. The molecular formula is C12H12FNO4. The van der Waals surface area contributed by atoms with Crippen molar-refractivity contribution in [3.63, 3.8) is 0 Å².